The van der Waals surface area contributed by atoms with E-state index in [1.54, 1.807) is 36.8 Å². The maximum atomic E-state index is 9.56. The van der Waals surface area contributed by atoms with E-state index in [2.05, 4.69) is 0 Å². The quantitative estimate of drug-likeness (QED) is 0.470. The van der Waals surface area contributed by atoms with Gasteiger partial charge in [-0.1, -0.05) is 12.1 Å². The zero-order valence-corrected chi connectivity index (χ0v) is 7.97. The van der Waals surface area contributed by atoms with Crippen molar-refractivity contribution in [1.82, 2.24) is 0 Å². The Morgan fingerprint density at radius 2 is 1.75 bits per heavy atom. The fourth-order valence-corrected chi connectivity index (χ4v) is 0.488. The van der Waals surface area contributed by atoms with Crippen LogP contribution in [0, 0.1) is 0 Å². The second-order valence-corrected chi connectivity index (χ2v) is 3.78. The molecule has 1 aromatic rings. The van der Waals surface area contributed by atoms with Gasteiger partial charge in [-0.25, -0.2) is 0 Å². The van der Waals surface area contributed by atoms with Crippen LogP contribution in [0.1, 0.15) is 0 Å². The molecule has 0 atom stereocenters. The third-order valence-electron chi connectivity index (χ3n) is 0.937. The molecule has 0 aliphatic heterocycles. The number of para-hydroxylation sites is 2. The molecule has 0 unspecified atom stereocenters. The van der Waals surface area contributed by atoms with Crippen LogP contribution in [0.3, 0.4) is 0 Å². The average Bonchev–Trinajstić information content (AvgIpc) is 1.94. The largest absolute Gasteiger partial charge is 0.506 e. The molecule has 0 fully saturated rings. The van der Waals surface area contributed by atoms with Crippen LogP contribution >= 0.6 is 0 Å². The molecule has 0 heterocycles. The first-order valence-electron chi connectivity index (χ1n) is 3.32. The van der Waals surface area contributed by atoms with E-state index in [1.165, 1.54) is 0 Å². The van der Waals surface area contributed by atoms with Crippen molar-refractivity contribution in [3.63, 3.8) is 0 Å². The van der Waals surface area contributed by atoms with E-state index in [-0.39, 0.29) is 5.75 Å². The minimum atomic E-state index is -0.611. The van der Waals surface area contributed by atoms with Crippen LogP contribution in [0.15, 0.2) is 24.3 Å². The lowest BCUT2D eigenvalue weighted by molar-refractivity contribution is 0.478. The highest BCUT2D eigenvalue weighted by Crippen LogP contribution is 2.16. The number of benzene rings is 1. The van der Waals surface area contributed by atoms with Crippen LogP contribution in [-0.4, -0.2) is 21.8 Å². The zero-order valence-electron chi connectivity index (χ0n) is 7.15. The van der Waals surface area contributed by atoms with E-state index >= 15 is 0 Å². The van der Waals surface area contributed by atoms with E-state index in [4.69, 9.17) is 10.8 Å². The molecule has 0 saturated heterocycles. The zero-order chi connectivity index (χ0) is 9.56. The summed E-state index contributed by atoms with van der Waals surface area (Å²) >= 11 is 0. The fourth-order valence-electron chi connectivity index (χ4n) is 0.488. The maximum Gasteiger partial charge on any atom is 0.138 e. The molecule has 0 bridgehead atoms. The van der Waals surface area contributed by atoms with Gasteiger partial charge in [0.25, 0.3) is 0 Å². The predicted molar refractivity (Wildman–Crippen MR) is 52.5 cm³/mol. The summed E-state index contributed by atoms with van der Waals surface area (Å²) in [6.07, 6.45) is 3.28. The predicted octanol–water partition coefficient (Wildman–Crippen LogP) is 0.969. The minimum Gasteiger partial charge on any atom is -0.506 e. The van der Waals surface area contributed by atoms with E-state index in [0.29, 0.717) is 5.69 Å². The Balaban J connectivity index is 0.000000261. The molecule has 1 rings (SSSR count). The molecule has 0 aromatic heterocycles. The molecule has 0 amide bonds. The highest BCUT2D eigenvalue weighted by atomic mass is 32.2. The summed E-state index contributed by atoms with van der Waals surface area (Å²) in [4.78, 5) is 0. The lowest BCUT2D eigenvalue weighted by Crippen LogP contribution is -1.82. The first kappa shape index (κ1) is 11.0. The smallest absolute Gasteiger partial charge is 0.138 e. The lowest BCUT2D eigenvalue weighted by atomic mass is 10.3. The molecule has 0 aliphatic rings. The number of anilines is 1. The summed E-state index contributed by atoms with van der Waals surface area (Å²) in [6, 6.07) is 6.70. The van der Waals surface area contributed by atoms with Crippen LogP contribution in [0.4, 0.5) is 5.69 Å². The summed E-state index contributed by atoms with van der Waals surface area (Å²) in [6.45, 7) is 0. The van der Waals surface area contributed by atoms with Gasteiger partial charge in [0.1, 0.15) is 5.75 Å². The topological polar surface area (TPSA) is 63.3 Å². The molecule has 4 heteroatoms. The first-order valence-corrected chi connectivity index (χ1v) is 5.29. The highest BCUT2D eigenvalue weighted by Gasteiger charge is 1.87. The van der Waals surface area contributed by atoms with E-state index in [9.17, 15) is 4.21 Å². The maximum absolute atomic E-state index is 9.56. The molecule has 68 valence electrons. The Kier molecular flexibility index (Phi) is 5.12. The fraction of sp³-hybridized carbons (Fsp3) is 0.250. The Hall–Kier alpha value is -1.03. The van der Waals surface area contributed by atoms with Crippen LogP contribution in [-0.2, 0) is 10.8 Å². The lowest BCUT2D eigenvalue weighted by Gasteiger charge is -1.92. The van der Waals surface area contributed by atoms with Gasteiger partial charge in [0.2, 0.25) is 0 Å². The van der Waals surface area contributed by atoms with Crippen LogP contribution in [0.5, 0.6) is 5.75 Å². The first-order chi connectivity index (χ1) is 5.54. The summed E-state index contributed by atoms with van der Waals surface area (Å²) in [5, 5.41) is 8.79. The van der Waals surface area contributed by atoms with Gasteiger partial charge in [-0.3, -0.25) is 4.21 Å². The number of nitrogen functional groups attached to an aromatic ring is 1. The van der Waals surface area contributed by atoms with Crippen molar-refractivity contribution in [2.45, 2.75) is 0 Å². The average molecular weight is 187 g/mol. The second-order valence-electron chi connectivity index (χ2n) is 2.30. The number of phenolic OH excluding ortho intramolecular Hbond substituents is 1. The Bertz CT molecular complexity index is 238. The number of hydrogen-bond acceptors (Lipinski definition) is 3. The normalized spacial score (nSPS) is 8.92. The van der Waals surface area contributed by atoms with Gasteiger partial charge in [-0.05, 0) is 12.1 Å². The number of rotatable bonds is 0. The number of aromatic hydroxyl groups is 1. The monoisotopic (exact) mass is 187 g/mol. The van der Waals surface area contributed by atoms with Crippen LogP contribution in [0.25, 0.3) is 0 Å². The third-order valence-corrected chi connectivity index (χ3v) is 0.937. The van der Waals surface area contributed by atoms with Gasteiger partial charge < -0.3 is 10.8 Å². The molecule has 3 N–H and O–H groups in total. The van der Waals surface area contributed by atoms with Gasteiger partial charge >= 0.3 is 0 Å². The number of phenols is 1. The summed E-state index contributed by atoms with van der Waals surface area (Å²) < 4.78 is 9.56. The molecule has 3 nitrogen and oxygen atoms in total. The van der Waals surface area contributed by atoms with E-state index < -0.39 is 10.8 Å². The van der Waals surface area contributed by atoms with Crippen molar-refractivity contribution in [1.29, 1.82) is 0 Å². The molecule has 12 heavy (non-hydrogen) atoms. The van der Waals surface area contributed by atoms with Crippen molar-refractivity contribution >= 4 is 16.5 Å². The Morgan fingerprint density at radius 3 is 2.00 bits per heavy atom. The van der Waals surface area contributed by atoms with Gasteiger partial charge in [-0.2, -0.15) is 0 Å². The van der Waals surface area contributed by atoms with Gasteiger partial charge in [0.05, 0.1) is 5.69 Å². The van der Waals surface area contributed by atoms with Crippen LogP contribution in [0.2, 0.25) is 0 Å². The molecule has 1 aromatic carbocycles. The van der Waals surface area contributed by atoms with E-state index in [0.717, 1.165) is 0 Å². The number of nitrogens with two attached hydrogens (primary N) is 1. The van der Waals surface area contributed by atoms with Crippen molar-refractivity contribution in [3.05, 3.63) is 24.3 Å². The van der Waals surface area contributed by atoms with Crippen molar-refractivity contribution in [2.24, 2.45) is 0 Å². The highest BCUT2D eigenvalue weighted by molar-refractivity contribution is 7.83. The minimum absolute atomic E-state index is 0.146. The van der Waals surface area contributed by atoms with Gasteiger partial charge in [-0.15, -0.1) is 0 Å². The molecule has 0 spiro atoms. The molecular weight excluding hydrogens is 174 g/mol. The van der Waals surface area contributed by atoms with Gasteiger partial charge in [0, 0.05) is 23.3 Å². The third kappa shape index (κ3) is 5.73. The molecule has 0 saturated carbocycles. The molecular formula is C8H13NO2S. The van der Waals surface area contributed by atoms with Crippen LogP contribution < -0.4 is 5.73 Å². The second kappa shape index (κ2) is 5.60. The summed E-state index contributed by atoms with van der Waals surface area (Å²) in [7, 11) is -0.611. The molecule has 0 aliphatic carbocycles. The Morgan fingerprint density at radius 1 is 1.33 bits per heavy atom. The van der Waals surface area contributed by atoms with Crippen molar-refractivity contribution in [2.75, 3.05) is 18.2 Å². The van der Waals surface area contributed by atoms with Crippen molar-refractivity contribution in [3.8, 4) is 5.75 Å². The summed E-state index contributed by atoms with van der Waals surface area (Å²) in [5.41, 5.74) is 5.69. The standard InChI is InChI=1S/C6H7NO.C2H6OS/c7-5-3-1-2-4-6(5)8;1-4(2)3/h1-4,8H,7H2;1-2H3. The van der Waals surface area contributed by atoms with E-state index in [1.807, 2.05) is 0 Å². The summed E-state index contributed by atoms with van der Waals surface area (Å²) in [5.74, 6) is 0.146. The SMILES string of the molecule is CS(C)=O.Nc1ccccc1O. The Labute approximate surface area is 74.7 Å². The van der Waals surface area contributed by atoms with Crippen molar-refractivity contribution < 1.29 is 9.32 Å². The molecule has 0 radical (unpaired) electrons. The van der Waals surface area contributed by atoms with Gasteiger partial charge in [0.15, 0.2) is 0 Å². The number of hydrogen-bond donors (Lipinski definition) is 2.